The smallest absolute Gasteiger partial charge is 0.191 e. The van der Waals surface area contributed by atoms with Crippen LogP contribution in [0.25, 0.3) is 0 Å². The minimum absolute atomic E-state index is 0. The third kappa shape index (κ3) is 11.6. The maximum absolute atomic E-state index is 10.6. The summed E-state index contributed by atoms with van der Waals surface area (Å²) >= 11 is 0. The molecule has 2 aromatic carbocycles. The largest absolute Gasteiger partial charge is 0.492 e. The fourth-order valence-electron chi connectivity index (χ4n) is 2.97. The summed E-state index contributed by atoms with van der Waals surface area (Å²) < 4.78 is 11.5. The number of guanidine groups is 1. The molecule has 0 aromatic heterocycles. The highest BCUT2D eigenvalue weighted by Crippen LogP contribution is 2.20. The van der Waals surface area contributed by atoms with Crippen LogP contribution in [0.5, 0.6) is 11.5 Å². The van der Waals surface area contributed by atoms with Crippen LogP contribution in [0, 0.1) is 0 Å². The van der Waals surface area contributed by atoms with E-state index in [0.29, 0.717) is 25.7 Å². The van der Waals surface area contributed by atoms with Crippen LogP contribution in [0.4, 0.5) is 0 Å². The Labute approximate surface area is 215 Å². The average molecular weight is 571 g/mol. The Morgan fingerprint density at radius 3 is 2.48 bits per heavy atom. The van der Waals surface area contributed by atoms with Crippen molar-refractivity contribution in [3.63, 3.8) is 0 Å². The van der Waals surface area contributed by atoms with Crippen LogP contribution >= 0.6 is 24.0 Å². The van der Waals surface area contributed by atoms with E-state index in [9.17, 15) is 5.11 Å². The highest BCUT2D eigenvalue weighted by molar-refractivity contribution is 14.0. The number of halogens is 1. The van der Waals surface area contributed by atoms with Gasteiger partial charge in [0.15, 0.2) is 5.96 Å². The van der Waals surface area contributed by atoms with E-state index < -0.39 is 6.10 Å². The standard InChI is InChI=1S/C25H38N4O3.HI/c1-6-26-25(27-17-20-9-7-11-22(15-20)31-14-13-29(4)5)28-18-24(30)21-10-8-12-23(16-21)32-19(2)3;/h7-12,15-16,19,24,30H,6,13-14,17-18H2,1-5H3,(H2,26,27,28);1H. The number of benzene rings is 2. The summed E-state index contributed by atoms with van der Waals surface area (Å²) in [4.78, 5) is 6.74. The second kappa shape index (κ2) is 15.7. The number of nitrogens with one attached hydrogen (secondary N) is 2. The molecule has 0 aliphatic heterocycles. The highest BCUT2D eigenvalue weighted by Gasteiger charge is 2.10. The fraction of sp³-hybridized carbons (Fsp3) is 0.480. The van der Waals surface area contributed by atoms with Gasteiger partial charge in [-0.15, -0.1) is 24.0 Å². The molecule has 0 spiro atoms. The maximum Gasteiger partial charge on any atom is 0.191 e. The van der Waals surface area contributed by atoms with Crippen molar-refractivity contribution < 1.29 is 14.6 Å². The molecule has 1 atom stereocenters. The third-order valence-electron chi connectivity index (χ3n) is 4.55. The average Bonchev–Trinajstić information content (AvgIpc) is 2.75. The van der Waals surface area contributed by atoms with E-state index in [1.165, 1.54) is 0 Å². The lowest BCUT2D eigenvalue weighted by Gasteiger charge is -2.17. The van der Waals surface area contributed by atoms with Crippen molar-refractivity contribution in [2.75, 3.05) is 40.3 Å². The Morgan fingerprint density at radius 1 is 1.06 bits per heavy atom. The van der Waals surface area contributed by atoms with Crippen LogP contribution < -0.4 is 20.1 Å². The third-order valence-corrected chi connectivity index (χ3v) is 4.55. The van der Waals surface area contributed by atoms with Crippen LogP contribution in [-0.2, 0) is 6.54 Å². The lowest BCUT2D eigenvalue weighted by Crippen LogP contribution is -2.39. The number of rotatable bonds is 12. The molecule has 184 valence electrons. The van der Waals surface area contributed by atoms with Crippen molar-refractivity contribution in [3.8, 4) is 11.5 Å². The molecule has 0 aliphatic rings. The molecule has 3 N–H and O–H groups in total. The summed E-state index contributed by atoms with van der Waals surface area (Å²) in [6, 6.07) is 15.5. The first-order valence-corrected chi connectivity index (χ1v) is 11.2. The van der Waals surface area contributed by atoms with Crippen LogP contribution in [0.2, 0.25) is 0 Å². The predicted octanol–water partition coefficient (Wildman–Crippen LogP) is 3.82. The molecule has 0 aliphatic carbocycles. The second-order valence-electron chi connectivity index (χ2n) is 8.13. The summed E-state index contributed by atoms with van der Waals surface area (Å²) in [6.45, 7) is 9.06. The summed E-state index contributed by atoms with van der Waals surface area (Å²) in [5.74, 6) is 2.25. The topological polar surface area (TPSA) is 78.4 Å². The van der Waals surface area contributed by atoms with E-state index in [1.54, 1.807) is 0 Å². The minimum Gasteiger partial charge on any atom is -0.492 e. The van der Waals surface area contributed by atoms with E-state index in [0.717, 1.165) is 35.7 Å². The summed E-state index contributed by atoms with van der Waals surface area (Å²) in [6.07, 6.45) is -0.590. The van der Waals surface area contributed by atoms with Gasteiger partial charge in [0.05, 0.1) is 18.8 Å². The lowest BCUT2D eigenvalue weighted by atomic mass is 10.1. The quantitative estimate of drug-likeness (QED) is 0.205. The molecule has 0 amide bonds. The maximum atomic E-state index is 10.6. The Bertz CT molecular complexity index is 846. The summed E-state index contributed by atoms with van der Waals surface area (Å²) in [7, 11) is 4.05. The number of hydrogen-bond acceptors (Lipinski definition) is 5. The number of aliphatic imine (C=N–C) groups is 1. The normalized spacial score (nSPS) is 12.3. The molecule has 0 saturated heterocycles. The fourth-order valence-corrected chi connectivity index (χ4v) is 2.97. The van der Waals surface area contributed by atoms with Gasteiger partial charge >= 0.3 is 0 Å². The minimum atomic E-state index is -0.678. The monoisotopic (exact) mass is 570 g/mol. The lowest BCUT2D eigenvalue weighted by molar-refractivity contribution is 0.179. The Hall–Kier alpha value is -2.04. The molecule has 8 heteroatoms. The van der Waals surface area contributed by atoms with Gasteiger partial charge in [-0.25, -0.2) is 4.99 Å². The van der Waals surface area contributed by atoms with Crippen molar-refractivity contribution in [2.24, 2.45) is 4.99 Å². The molecule has 0 heterocycles. The predicted molar refractivity (Wildman–Crippen MR) is 146 cm³/mol. The SMILES string of the molecule is CCNC(=NCc1cccc(OCCN(C)C)c1)NCC(O)c1cccc(OC(C)C)c1.I. The number of aliphatic hydroxyl groups is 1. The first-order valence-electron chi connectivity index (χ1n) is 11.2. The number of ether oxygens (including phenoxy) is 2. The van der Waals surface area contributed by atoms with E-state index >= 15 is 0 Å². The van der Waals surface area contributed by atoms with Crippen molar-refractivity contribution in [1.29, 1.82) is 0 Å². The molecule has 1 unspecified atom stereocenters. The zero-order valence-electron chi connectivity index (χ0n) is 20.4. The van der Waals surface area contributed by atoms with Gasteiger partial charge in [-0.3, -0.25) is 0 Å². The van der Waals surface area contributed by atoms with Gasteiger partial charge < -0.3 is 30.1 Å². The Morgan fingerprint density at radius 2 is 1.79 bits per heavy atom. The Kier molecular flexibility index (Phi) is 13.8. The highest BCUT2D eigenvalue weighted by atomic mass is 127. The van der Waals surface area contributed by atoms with Crippen LogP contribution in [-0.4, -0.2) is 62.4 Å². The zero-order valence-corrected chi connectivity index (χ0v) is 22.7. The van der Waals surface area contributed by atoms with E-state index in [-0.39, 0.29) is 30.1 Å². The first kappa shape index (κ1) is 29.0. The van der Waals surface area contributed by atoms with E-state index in [1.807, 2.05) is 83.4 Å². The van der Waals surface area contributed by atoms with Crippen molar-refractivity contribution in [2.45, 2.75) is 39.5 Å². The molecule has 33 heavy (non-hydrogen) atoms. The molecular weight excluding hydrogens is 531 g/mol. The zero-order chi connectivity index (χ0) is 23.3. The van der Waals surface area contributed by atoms with Crippen molar-refractivity contribution in [3.05, 3.63) is 59.7 Å². The second-order valence-corrected chi connectivity index (χ2v) is 8.13. The molecule has 0 saturated carbocycles. The van der Waals surface area contributed by atoms with Gasteiger partial charge in [0.1, 0.15) is 18.1 Å². The summed E-state index contributed by atoms with van der Waals surface area (Å²) in [5, 5.41) is 17.1. The number of nitrogens with zero attached hydrogens (tertiary/aromatic N) is 2. The van der Waals surface area contributed by atoms with Gasteiger partial charge in [0.2, 0.25) is 0 Å². The van der Waals surface area contributed by atoms with Crippen molar-refractivity contribution in [1.82, 2.24) is 15.5 Å². The number of likely N-dealkylation sites (N-methyl/N-ethyl adjacent to an activating group) is 1. The summed E-state index contributed by atoms with van der Waals surface area (Å²) in [5.41, 5.74) is 1.86. The molecule has 7 nitrogen and oxygen atoms in total. The van der Waals surface area contributed by atoms with Crippen molar-refractivity contribution >= 4 is 29.9 Å². The molecule has 0 bridgehead atoms. The van der Waals surface area contributed by atoms with E-state index in [2.05, 4.69) is 20.5 Å². The van der Waals surface area contributed by atoms with Gasteiger partial charge in [0, 0.05) is 19.6 Å². The van der Waals surface area contributed by atoms with Gasteiger partial charge in [-0.1, -0.05) is 24.3 Å². The van der Waals surface area contributed by atoms with Crippen LogP contribution in [0.3, 0.4) is 0 Å². The molecular formula is C25H39IN4O3. The van der Waals surface area contributed by atoms with Gasteiger partial charge in [-0.2, -0.15) is 0 Å². The molecule has 0 radical (unpaired) electrons. The molecule has 0 fully saturated rings. The molecule has 2 aromatic rings. The van der Waals surface area contributed by atoms with E-state index in [4.69, 9.17) is 9.47 Å². The van der Waals surface area contributed by atoms with Crippen LogP contribution in [0.15, 0.2) is 53.5 Å². The number of aliphatic hydroxyl groups excluding tert-OH is 1. The van der Waals surface area contributed by atoms with Gasteiger partial charge in [0.25, 0.3) is 0 Å². The number of hydrogen-bond donors (Lipinski definition) is 3. The van der Waals surface area contributed by atoms with Gasteiger partial charge in [-0.05, 0) is 70.3 Å². The van der Waals surface area contributed by atoms with Crippen LogP contribution in [0.1, 0.15) is 38.0 Å². The first-order chi connectivity index (χ1) is 15.4. The molecule has 2 rings (SSSR count). The Balaban J connectivity index is 0.00000544.